The monoisotopic (exact) mass is 335 g/mol. The van der Waals surface area contributed by atoms with E-state index >= 15 is 0 Å². The van der Waals surface area contributed by atoms with Crippen molar-refractivity contribution in [1.82, 2.24) is 4.90 Å². The van der Waals surface area contributed by atoms with E-state index in [9.17, 15) is 4.79 Å². The van der Waals surface area contributed by atoms with Gasteiger partial charge in [0.2, 0.25) is 5.91 Å². The van der Waals surface area contributed by atoms with Crippen LogP contribution < -0.4 is 0 Å². The van der Waals surface area contributed by atoms with E-state index in [2.05, 4.69) is 24.6 Å². The first-order valence-corrected chi connectivity index (χ1v) is 8.60. The van der Waals surface area contributed by atoms with Crippen molar-refractivity contribution >= 4 is 46.3 Å². The molecule has 0 saturated heterocycles. The molecule has 2 aromatic rings. The van der Waals surface area contributed by atoms with Crippen molar-refractivity contribution in [2.24, 2.45) is 0 Å². The molecule has 0 fully saturated rings. The summed E-state index contributed by atoms with van der Waals surface area (Å²) >= 11 is 9.41. The summed E-state index contributed by atoms with van der Waals surface area (Å²) in [6, 6.07) is 4.15. The normalized spacial score (nSPS) is 17.4. The third-order valence-electron chi connectivity index (χ3n) is 3.70. The number of hydrogen-bond acceptors (Lipinski definition) is 3. The summed E-state index contributed by atoms with van der Waals surface area (Å²) in [6.45, 7) is 8.74. The van der Waals surface area contributed by atoms with Crippen LogP contribution in [-0.2, 0) is 11.3 Å². The van der Waals surface area contributed by atoms with Gasteiger partial charge in [-0.25, -0.2) is 0 Å². The SMILES string of the molecule is C=CC(=O)N1Cc2sc(Cl)cc2[C@H](c2ccsc2C=C)C1. The van der Waals surface area contributed by atoms with Gasteiger partial charge in [0.05, 0.1) is 10.9 Å². The maximum atomic E-state index is 12.0. The second-order valence-electron chi connectivity index (χ2n) is 4.85. The molecular weight excluding hydrogens is 322 g/mol. The highest BCUT2D eigenvalue weighted by Crippen LogP contribution is 2.42. The molecule has 1 aliphatic heterocycles. The van der Waals surface area contributed by atoms with Crippen LogP contribution in [0.4, 0.5) is 0 Å². The molecule has 0 N–H and O–H groups in total. The Morgan fingerprint density at radius 2 is 2.24 bits per heavy atom. The third-order valence-corrected chi connectivity index (χ3v) is 5.89. The largest absolute Gasteiger partial charge is 0.333 e. The van der Waals surface area contributed by atoms with E-state index in [1.807, 2.05) is 17.0 Å². The van der Waals surface area contributed by atoms with Crippen molar-refractivity contribution in [1.29, 1.82) is 0 Å². The Hall–Kier alpha value is -1.36. The standard InChI is InChI=1S/C16H14ClNOS2/c1-3-13-10(5-6-20-13)12-8-18(16(19)4-2)9-14-11(12)7-15(17)21-14/h3-7,12H,1-2,8-9H2/t12-/m0/s1. The topological polar surface area (TPSA) is 20.3 Å². The lowest BCUT2D eigenvalue weighted by Crippen LogP contribution is -2.36. The van der Waals surface area contributed by atoms with Gasteiger partial charge in [0, 0.05) is 22.2 Å². The third kappa shape index (κ3) is 2.59. The molecule has 0 unspecified atom stereocenters. The predicted molar refractivity (Wildman–Crippen MR) is 91.2 cm³/mol. The van der Waals surface area contributed by atoms with Gasteiger partial charge in [-0.15, -0.1) is 22.7 Å². The van der Waals surface area contributed by atoms with E-state index < -0.39 is 0 Å². The summed E-state index contributed by atoms with van der Waals surface area (Å²) in [5.41, 5.74) is 2.45. The molecule has 5 heteroatoms. The number of amides is 1. The summed E-state index contributed by atoms with van der Waals surface area (Å²) in [7, 11) is 0. The molecule has 2 nitrogen and oxygen atoms in total. The molecule has 0 bridgehead atoms. The average molecular weight is 336 g/mol. The van der Waals surface area contributed by atoms with E-state index in [1.165, 1.54) is 17.2 Å². The van der Waals surface area contributed by atoms with Crippen LogP contribution in [0.15, 0.2) is 36.7 Å². The van der Waals surface area contributed by atoms with Crippen LogP contribution in [0.5, 0.6) is 0 Å². The summed E-state index contributed by atoms with van der Waals surface area (Å²) in [6.07, 6.45) is 3.25. The maximum absolute atomic E-state index is 12.0. The molecule has 0 radical (unpaired) electrons. The van der Waals surface area contributed by atoms with E-state index in [1.54, 1.807) is 22.7 Å². The molecule has 3 rings (SSSR count). The van der Waals surface area contributed by atoms with Crippen molar-refractivity contribution in [2.45, 2.75) is 12.5 Å². The molecule has 108 valence electrons. The molecule has 1 amide bonds. The molecule has 2 aromatic heterocycles. The maximum Gasteiger partial charge on any atom is 0.246 e. The minimum absolute atomic E-state index is 0.0365. The fraction of sp³-hybridized carbons (Fsp3) is 0.188. The number of thiophene rings is 2. The summed E-state index contributed by atoms with van der Waals surface area (Å²) in [4.78, 5) is 16.2. The predicted octanol–water partition coefficient (Wildman–Crippen LogP) is 4.77. The van der Waals surface area contributed by atoms with Crippen molar-refractivity contribution in [3.05, 3.63) is 62.0 Å². The Kier molecular flexibility index (Phi) is 4.02. The Bertz CT molecular complexity index is 716. The zero-order chi connectivity index (χ0) is 15.0. The van der Waals surface area contributed by atoms with Crippen LogP contribution in [0.3, 0.4) is 0 Å². The Morgan fingerprint density at radius 3 is 2.95 bits per heavy atom. The minimum atomic E-state index is -0.0365. The zero-order valence-electron chi connectivity index (χ0n) is 11.3. The van der Waals surface area contributed by atoms with Gasteiger partial charge in [-0.3, -0.25) is 4.79 Å². The van der Waals surface area contributed by atoms with Gasteiger partial charge in [0.15, 0.2) is 0 Å². The van der Waals surface area contributed by atoms with Gasteiger partial charge in [0.25, 0.3) is 0 Å². The molecule has 0 spiro atoms. The van der Waals surface area contributed by atoms with Crippen LogP contribution in [0.25, 0.3) is 6.08 Å². The highest BCUT2D eigenvalue weighted by Gasteiger charge is 2.31. The van der Waals surface area contributed by atoms with Gasteiger partial charge in [-0.2, -0.15) is 0 Å². The summed E-state index contributed by atoms with van der Waals surface area (Å²) < 4.78 is 0.772. The minimum Gasteiger partial charge on any atom is -0.333 e. The van der Waals surface area contributed by atoms with Gasteiger partial charge < -0.3 is 4.90 Å². The van der Waals surface area contributed by atoms with Gasteiger partial charge in [-0.1, -0.05) is 30.8 Å². The average Bonchev–Trinajstić information content (AvgIpc) is 3.09. The Labute approximate surface area is 137 Å². The lowest BCUT2D eigenvalue weighted by atomic mass is 9.88. The highest BCUT2D eigenvalue weighted by atomic mass is 35.5. The smallest absolute Gasteiger partial charge is 0.246 e. The first-order chi connectivity index (χ1) is 10.1. The molecule has 1 atom stereocenters. The fourth-order valence-electron chi connectivity index (χ4n) is 2.73. The van der Waals surface area contributed by atoms with E-state index in [4.69, 9.17) is 11.6 Å². The van der Waals surface area contributed by atoms with Gasteiger partial charge in [-0.05, 0) is 34.7 Å². The quantitative estimate of drug-likeness (QED) is 0.740. The van der Waals surface area contributed by atoms with Crippen LogP contribution in [0.1, 0.15) is 26.8 Å². The number of halogens is 1. The Morgan fingerprint density at radius 1 is 1.43 bits per heavy atom. The number of rotatable bonds is 3. The van der Waals surface area contributed by atoms with Crippen LogP contribution in [0, 0.1) is 0 Å². The fourth-order valence-corrected chi connectivity index (χ4v) is 4.89. The van der Waals surface area contributed by atoms with E-state index in [0.717, 1.165) is 14.1 Å². The first kappa shape index (κ1) is 14.6. The second-order valence-corrected chi connectivity index (χ2v) is 7.56. The molecule has 1 aliphatic rings. The van der Waals surface area contributed by atoms with E-state index in [0.29, 0.717) is 13.1 Å². The van der Waals surface area contributed by atoms with Crippen molar-refractivity contribution < 1.29 is 4.79 Å². The molecule has 0 aromatic carbocycles. The zero-order valence-corrected chi connectivity index (χ0v) is 13.7. The van der Waals surface area contributed by atoms with Crippen molar-refractivity contribution in [2.75, 3.05) is 6.54 Å². The molecule has 21 heavy (non-hydrogen) atoms. The summed E-state index contributed by atoms with van der Waals surface area (Å²) in [5, 5.41) is 2.06. The molecule has 3 heterocycles. The lowest BCUT2D eigenvalue weighted by molar-refractivity contribution is -0.127. The van der Waals surface area contributed by atoms with Crippen molar-refractivity contribution in [3.63, 3.8) is 0 Å². The first-order valence-electron chi connectivity index (χ1n) is 6.53. The highest BCUT2D eigenvalue weighted by molar-refractivity contribution is 7.16. The summed E-state index contributed by atoms with van der Waals surface area (Å²) in [5.74, 6) is 0.117. The van der Waals surface area contributed by atoms with Gasteiger partial charge in [0.1, 0.15) is 0 Å². The lowest BCUT2D eigenvalue weighted by Gasteiger charge is -2.32. The molecular formula is C16H14ClNOS2. The second kappa shape index (κ2) is 5.79. The number of nitrogens with zero attached hydrogens (tertiary/aromatic N) is 1. The number of hydrogen-bond donors (Lipinski definition) is 0. The van der Waals surface area contributed by atoms with Crippen LogP contribution in [-0.4, -0.2) is 17.4 Å². The number of fused-ring (bicyclic) bond motifs is 1. The molecule has 0 aliphatic carbocycles. The number of carbonyl (C=O) groups is 1. The molecule has 0 saturated carbocycles. The Balaban J connectivity index is 2.07. The number of carbonyl (C=O) groups excluding carboxylic acids is 1. The van der Waals surface area contributed by atoms with Crippen LogP contribution in [0.2, 0.25) is 4.34 Å². The van der Waals surface area contributed by atoms with Crippen molar-refractivity contribution in [3.8, 4) is 0 Å². The van der Waals surface area contributed by atoms with E-state index in [-0.39, 0.29) is 11.8 Å². The van der Waals surface area contributed by atoms with Gasteiger partial charge >= 0.3 is 0 Å². The van der Waals surface area contributed by atoms with Crippen LogP contribution >= 0.6 is 34.3 Å².